The van der Waals surface area contributed by atoms with Crippen molar-refractivity contribution >= 4 is 23.0 Å². The topological polar surface area (TPSA) is 63.8 Å². The third-order valence-corrected chi connectivity index (χ3v) is 4.92. The lowest BCUT2D eigenvalue weighted by molar-refractivity contribution is 0.304. The summed E-state index contributed by atoms with van der Waals surface area (Å²) in [5, 5.41) is 3.48. The van der Waals surface area contributed by atoms with Crippen LogP contribution in [0.2, 0.25) is 0 Å². The molecule has 0 saturated heterocycles. The van der Waals surface area contributed by atoms with Crippen LogP contribution in [0.5, 0.6) is 0 Å². The van der Waals surface area contributed by atoms with Crippen molar-refractivity contribution in [3.05, 3.63) is 18.1 Å². The fourth-order valence-corrected chi connectivity index (χ4v) is 3.88. The van der Waals surface area contributed by atoms with Gasteiger partial charge in [-0.3, -0.25) is 0 Å². The van der Waals surface area contributed by atoms with Crippen molar-refractivity contribution in [3.63, 3.8) is 0 Å². The Morgan fingerprint density at radius 1 is 1.37 bits per heavy atom. The largest absolute Gasteiger partial charge is 0.388 e. The Kier molecular flexibility index (Phi) is 3.39. The quantitative estimate of drug-likeness (QED) is 0.827. The number of nitrogens with one attached hydrogen (secondary N) is 1. The van der Waals surface area contributed by atoms with Crippen LogP contribution in [0.25, 0.3) is 0 Å². The summed E-state index contributed by atoms with van der Waals surface area (Å²) in [5.41, 5.74) is 6.09. The number of thiocarbonyl (C=S) groups is 1. The maximum absolute atomic E-state index is 5.51. The molecule has 0 aromatic carbocycles. The van der Waals surface area contributed by atoms with E-state index in [1.54, 1.807) is 12.4 Å². The predicted molar refractivity (Wildman–Crippen MR) is 79.9 cm³/mol. The lowest BCUT2D eigenvalue weighted by Crippen LogP contribution is -2.30. The Bertz CT molecular complexity index is 473. The van der Waals surface area contributed by atoms with Gasteiger partial charge in [-0.05, 0) is 43.9 Å². The van der Waals surface area contributed by atoms with E-state index in [-0.39, 0.29) is 0 Å². The van der Waals surface area contributed by atoms with Gasteiger partial charge in [0.15, 0.2) is 0 Å². The van der Waals surface area contributed by atoms with Gasteiger partial charge in [-0.25, -0.2) is 9.97 Å². The van der Waals surface area contributed by atoms with Crippen molar-refractivity contribution in [1.82, 2.24) is 9.97 Å². The first-order chi connectivity index (χ1) is 9.13. The van der Waals surface area contributed by atoms with Crippen LogP contribution >= 0.6 is 12.2 Å². The number of anilines is 1. The second kappa shape index (κ2) is 5.04. The molecule has 2 bridgehead atoms. The zero-order valence-electron chi connectivity index (χ0n) is 11.2. The Morgan fingerprint density at radius 2 is 2.21 bits per heavy atom. The minimum absolute atomic E-state index is 0.292. The van der Waals surface area contributed by atoms with Crippen LogP contribution in [-0.4, -0.2) is 21.0 Å². The lowest BCUT2D eigenvalue weighted by atomic mass is 9.84. The highest BCUT2D eigenvalue weighted by molar-refractivity contribution is 7.80. The summed E-state index contributed by atoms with van der Waals surface area (Å²) in [7, 11) is 0. The van der Waals surface area contributed by atoms with Gasteiger partial charge in [0.2, 0.25) is 0 Å². The van der Waals surface area contributed by atoms with Crippen molar-refractivity contribution in [2.24, 2.45) is 23.5 Å². The summed E-state index contributed by atoms with van der Waals surface area (Å²) in [6.45, 7) is 2.26. The molecule has 19 heavy (non-hydrogen) atoms. The summed E-state index contributed by atoms with van der Waals surface area (Å²) >= 11 is 4.87. The van der Waals surface area contributed by atoms with Crippen LogP contribution in [-0.2, 0) is 0 Å². The van der Waals surface area contributed by atoms with Crippen molar-refractivity contribution in [2.45, 2.75) is 38.6 Å². The fraction of sp³-hybridized carbons (Fsp3) is 0.643. The normalized spacial score (nSPS) is 30.3. The molecular formula is C14H20N4S. The first-order valence-corrected chi connectivity index (χ1v) is 7.42. The first kappa shape index (κ1) is 12.8. The molecule has 1 aromatic heterocycles. The summed E-state index contributed by atoms with van der Waals surface area (Å²) in [5.74, 6) is 3.49. The molecule has 2 fully saturated rings. The van der Waals surface area contributed by atoms with Gasteiger partial charge >= 0.3 is 0 Å². The number of hydrogen-bond donors (Lipinski definition) is 2. The van der Waals surface area contributed by atoms with E-state index in [0.29, 0.717) is 16.7 Å². The highest BCUT2D eigenvalue weighted by atomic mass is 32.1. The molecule has 0 spiro atoms. The molecule has 3 N–H and O–H groups in total. The van der Waals surface area contributed by atoms with E-state index in [4.69, 9.17) is 18.0 Å². The van der Waals surface area contributed by atoms with E-state index in [1.807, 2.05) is 0 Å². The van der Waals surface area contributed by atoms with Crippen molar-refractivity contribution < 1.29 is 0 Å². The van der Waals surface area contributed by atoms with Gasteiger partial charge in [0.05, 0.1) is 12.4 Å². The summed E-state index contributed by atoms with van der Waals surface area (Å²) < 4.78 is 0. The van der Waals surface area contributed by atoms with Crippen LogP contribution < -0.4 is 11.1 Å². The predicted octanol–water partition coefficient (Wildman–Crippen LogP) is 2.35. The van der Waals surface area contributed by atoms with Gasteiger partial charge in [0, 0.05) is 6.04 Å². The molecule has 2 aliphatic rings. The maximum Gasteiger partial charge on any atom is 0.144 e. The molecule has 4 atom stereocenters. The van der Waals surface area contributed by atoms with Crippen molar-refractivity contribution in [2.75, 3.05) is 5.32 Å². The number of hydrogen-bond acceptors (Lipinski definition) is 4. The third-order valence-electron chi connectivity index (χ3n) is 4.71. The Hall–Kier alpha value is -1.23. The fourth-order valence-electron chi connectivity index (χ4n) is 3.78. The average molecular weight is 276 g/mol. The van der Waals surface area contributed by atoms with E-state index in [2.05, 4.69) is 22.2 Å². The van der Waals surface area contributed by atoms with E-state index in [0.717, 1.165) is 23.6 Å². The van der Waals surface area contributed by atoms with Crippen LogP contribution in [0.15, 0.2) is 12.4 Å². The minimum Gasteiger partial charge on any atom is -0.388 e. The van der Waals surface area contributed by atoms with Gasteiger partial charge in [0.25, 0.3) is 0 Å². The Morgan fingerprint density at radius 3 is 2.74 bits per heavy atom. The van der Waals surface area contributed by atoms with Crippen molar-refractivity contribution in [1.29, 1.82) is 0 Å². The molecule has 1 heterocycles. The van der Waals surface area contributed by atoms with Crippen LogP contribution in [0.4, 0.5) is 5.82 Å². The van der Waals surface area contributed by atoms with E-state index in [1.165, 1.54) is 25.7 Å². The highest BCUT2D eigenvalue weighted by Gasteiger charge is 2.41. The summed E-state index contributed by atoms with van der Waals surface area (Å²) in [6.07, 6.45) is 9.01. The monoisotopic (exact) mass is 276 g/mol. The molecule has 5 heteroatoms. The number of nitrogens with zero attached hydrogens (tertiary/aromatic N) is 2. The van der Waals surface area contributed by atoms with E-state index >= 15 is 0 Å². The van der Waals surface area contributed by atoms with Gasteiger partial charge in [-0.15, -0.1) is 0 Å². The van der Waals surface area contributed by atoms with Crippen LogP contribution in [0.3, 0.4) is 0 Å². The van der Waals surface area contributed by atoms with Gasteiger partial charge in [-0.2, -0.15) is 0 Å². The molecule has 3 rings (SSSR count). The minimum atomic E-state index is 0.292. The molecular weight excluding hydrogens is 256 g/mol. The maximum atomic E-state index is 5.51. The molecule has 2 aliphatic carbocycles. The lowest BCUT2D eigenvalue weighted by Gasteiger charge is -2.28. The van der Waals surface area contributed by atoms with Gasteiger partial charge in [-0.1, -0.05) is 18.6 Å². The average Bonchev–Trinajstić information content (AvgIpc) is 3.01. The van der Waals surface area contributed by atoms with Crippen LogP contribution in [0.1, 0.15) is 38.3 Å². The number of rotatable bonds is 4. The standard InChI is InChI=1S/C14H20N4S/c1-8(11-5-9-2-3-10(11)4-9)18-13-7-16-12(6-17-13)14(15)19/h6-11H,2-5H2,1H3,(H2,15,19)(H,17,18). The molecule has 0 radical (unpaired) electrons. The van der Waals surface area contributed by atoms with E-state index in [9.17, 15) is 0 Å². The Labute approximate surface area is 119 Å². The van der Waals surface area contributed by atoms with E-state index < -0.39 is 0 Å². The summed E-state index contributed by atoms with van der Waals surface area (Å²) in [4.78, 5) is 8.84. The number of fused-ring (bicyclic) bond motifs is 2. The zero-order valence-corrected chi connectivity index (χ0v) is 12.0. The van der Waals surface area contributed by atoms with Crippen molar-refractivity contribution in [3.8, 4) is 0 Å². The molecule has 0 aliphatic heterocycles. The molecule has 4 nitrogen and oxygen atoms in total. The Balaban J connectivity index is 1.63. The zero-order chi connectivity index (χ0) is 13.4. The molecule has 0 amide bonds. The molecule has 4 unspecified atom stereocenters. The van der Waals surface area contributed by atoms with Crippen LogP contribution in [0, 0.1) is 17.8 Å². The van der Waals surface area contributed by atoms with Gasteiger partial charge < -0.3 is 11.1 Å². The SMILES string of the molecule is CC(Nc1cnc(C(N)=S)cn1)C1CC2CCC1C2. The smallest absolute Gasteiger partial charge is 0.144 e. The van der Waals surface area contributed by atoms with Gasteiger partial charge in [0.1, 0.15) is 16.5 Å². The molecule has 1 aromatic rings. The second-order valence-electron chi connectivity index (χ2n) is 5.92. The molecule has 102 valence electrons. The number of nitrogens with two attached hydrogens (primary N) is 1. The highest BCUT2D eigenvalue weighted by Crippen LogP contribution is 2.49. The number of aromatic nitrogens is 2. The summed E-state index contributed by atoms with van der Waals surface area (Å²) in [6, 6.07) is 0.459. The second-order valence-corrected chi connectivity index (χ2v) is 6.36. The molecule has 2 saturated carbocycles. The first-order valence-electron chi connectivity index (χ1n) is 7.02. The third kappa shape index (κ3) is 2.56.